The minimum atomic E-state index is -3.72. The highest BCUT2D eigenvalue weighted by Gasteiger charge is 2.22. The Morgan fingerprint density at radius 1 is 0.903 bits per heavy atom. The molecule has 3 rings (SSSR count). The third-order valence-electron chi connectivity index (χ3n) is 5.53. The lowest BCUT2D eigenvalue weighted by molar-refractivity contribution is 0.0940. The van der Waals surface area contributed by atoms with E-state index in [1.807, 2.05) is 32.9 Å². The molecule has 0 spiro atoms. The number of hydrogen-bond donors (Lipinski definition) is 1. The zero-order valence-corrected chi connectivity index (χ0v) is 19.3. The van der Waals surface area contributed by atoms with Crippen LogP contribution < -0.4 is 9.62 Å². The summed E-state index contributed by atoms with van der Waals surface area (Å²) >= 11 is 0. The van der Waals surface area contributed by atoms with Crippen LogP contribution in [0.4, 0.5) is 5.69 Å². The van der Waals surface area contributed by atoms with Gasteiger partial charge in [0.25, 0.3) is 15.9 Å². The number of nitrogens with one attached hydrogen (secondary N) is 1. The van der Waals surface area contributed by atoms with Crippen LogP contribution in [0.2, 0.25) is 0 Å². The number of benzene rings is 3. The first-order chi connectivity index (χ1) is 14.6. The van der Waals surface area contributed by atoms with Crippen molar-refractivity contribution in [3.8, 4) is 0 Å². The van der Waals surface area contributed by atoms with E-state index in [0.717, 1.165) is 11.1 Å². The van der Waals surface area contributed by atoms with Crippen LogP contribution in [0.1, 0.15) is 45.6 Å². The van der Waals surface area contributed by atoms with Gasteiger partial charge in [0.1, 0.15) is 0 Å². The van der Waals surface area contributed by atoms with E-state index in [0.29, 0.717) is 11.3 Å². The number of rotatable bonds is 6. The van der Waals surface area contributed by atoms with Gasteiger partial charge in [0.05, 0.1) is 16.6 Å². The number of amides is 1. The average molecular weight is 437 g/mol. The molecule has 0 aliphatic rings. The number of sulfonamides is 1. The van der Waals surface area contributed by atoms with Crippen LogP contribution in [0.3, 0.4) is 0 Å². The molecule has 0 unspecified atom stereocenters. The summed E-state index contributed by atoms with van der Waals surface area (Å²) in [4.78, 5) is 13.0. The lowest BCUT2D eigenvalue weighted by Crippen LogP contribution is -2.28. The van der Waals surface area contributed by atoms with Crippen molar-refractivity contribution in [1.29, 1.82) is 0 Å². The molecule has 0 saturated carbocycles. The van der Waals surface area contributed by atoms with Crippen molar-refractivity contribution < 1.29 is 13.2 Å². The molecule has 0 aromatic heterocycles. The Balaban J connectivity index is 1.81. The molecule has 0 heterocycles. The van der Waals surface area contributed by atoms with E-state index < -0.39 is 10.0 Å². The summed E-state index contributed by atoms with van der Waals surface area (Å²) in [6.07, 6.45) is 0. The van der Waals surface area contributed by atoms with Crippen molar-refractivity contribution in [1.82, 2.24) is 5.32 Å². The van der Waals surface area contributed by atoms with Crippen LogP contribution in [-0.2, 0) is 10.0 Å². The van der Waals surface area contributed by atoms with Crippen molar-refractivity contribution in [2.24, 2.45) is 0 Å². The second-order valence-electron chi connectivity index (χ2n) is 7.87. The Bertz CT molecular complexity index is 1200. The quantitative estimate of drug-likeness (QED) is 0.596. The molecule has 0 aliphatic heterocycles. The molecule has 1 N–H and O–H groups in total. The second kappa shape index (κ2) is 8.94. The Hall–Kier alpha value is -3.12. The molecular formula is C25H28N2O3S. The predicted molar refractivity (Wildman–Crippen MR) is 125 cm³/mol. The monoisotopic (exact) mass is 436 g/mol. The van der Waals surface area contributed by atoms with Crippen LogP contribution in [0.15, 0.2) is 71.6 Å². The third-order valence-corrected chi connectivity index (χ3v) is 7.33. The zero-order valence-electron chi connectivity index (χ0n) is 18.5. The normalized spacial score (nSPS) is 12.3. The predicted octanol–water partition coefficient (Wildman–Crippen LogP) is 4.93. The number of aryl methyl sites for hydroxylation is 3. The van der Waals surface area contributed by atoms with Crippen molar-refractivity contribution in [3.05, 3.63) is 94.5 Å². The maximum Gasteiger partial charge on any atom is 0.264 e. The number of anilines is 1. The van der Waals surface area contributed by atoms with E-state index in [9.17, 15) is 13.2 Å². The van der Waals surface area contributed by atoms with Gasteiger partial charge in [-0.25, -0.2) is 8.42 Å². The van der Waals surface area contributed by atoms with Crippen molar-refractivity contribution >= 4 is 21.6 Å². The third kappa shape index (κ3) is 4.97. The fourth-order valence-electron chi connectivity index (χ4n) is 3.25. The van der Waals surface area contributed by atoms with Crippen LogP contribution in [0.25, 0.3) is 0 Å². The summed E-state index contributed by atoms with van der Waals surface area (Å²) in [5, 5.41) is 3.00. The Morgan fingerprint density at radius 2 is 1.58 bits per heavy atom. The number of nitrogens with zero attached hydrogens (tertiary/aromatic N) is 1. The first-order valence-corrected chi connectivity index (χ1v) is 11.6. The minimum absolute atomic E-state index is 0.176. The van der Waals surface area contributed by atoms with E-state index in [2.05, 4.69) is 18.3 Å². The Labute approximate surface area is 184 Å². The first-order valence-electron chi connectivity index (χ1n) is 10.1. The number of carbonyl (C=O) groups excluding carboxylic acids is 1. The molecule has 1 atom stereocenters. The van der Waals surface area contributed by atoms with Crippen LogP contribution in [0, 0.1) is 20.8 Å². The molecule has 0 bridgehead atoms. The lowest BCUT2D eigenvalue weighted by atomic mass is 10.0. The van der Waals surface area contributed by atoms with E-state index in [4.69, 9.17) is 0 Å². The standard InChI is InChI=1S/C25H28N2O3S/c1-17-9-13-24(14-10-17)31(29,30)27(5)23-8-6-7-22(16-23)25(28)26-20(4)21-12-11-18(2)19(3)15-21/h6-16,20H,1-5H3,(H,26,28)/t20-/m1/s1. The van der Waals surface area contributed by atoms with E-state index in [-0.39, 0.29) is 16.8 Å². The summed E-state index contributed by atoms with van der Waals surface area (Å²) in [6, 6.07) is 19.3. The maximum atomic E-state index is 13.0. The maximum absolute atomic E-state index is 13.0. The van der Waals surface area contributed by atoms with Gasteiger partial charge < -0.3 is 5.32 Å². The van der Waals surface area contributed by atoms with E-state index >= 15 is 0 Å². The fraction of sp³-hybridized carbons (Fsp3) is 0.240. The average Bonchev–Trinajstić information content (AvgIpc) is 2.75. The molecule has 0 radical (unpaired) electrons. The Morgan fingerprint density at radius 3 is 2.23 bits per heavy atom. The topological polar surface area (TPSA) is 66.5 Å². The molecular weight excluding hydrogens is 408 g/mol. The summed E-state index contributed by atoms with van der Waals surface area (Å²) in [6.45, 7) is 7.93. The number of carbonyl (C=O) groups is 1. The van der Waals surface area contributed by atoms with Crippen LogP contribution in [0.5, 0.6) is 0 Å². The molecule has 162 valence electrons. The molecule has 6 heteroatoms. The highest BCUT2D eigenvalue weighted by Crippen LogP contribution is 2.24. The van der Waals surface area contributed by atoms with Crippen molar-refractivity contribution in [2.75, 3.05) is 11.4 Å². The molecule has 0 saturated heterocycles. The fourth-order valence-corrected chi connectivity index (χ4v) is 4.43. The van der Waals surface area contributed by atoms with Gasteiger partial charge in [-0.15, -0.1) is 0 Å². The molecule has 0 aliphatic carbocycles. The number of hydrogen-bond acceptors (Lipinski definition) is 3. The van der Waals surface area contributed by atoms with E-state index in [1.165, 1.54) is 22.5 Å². The van der Waals surface area contributed by atoms with Crippen LogP contribution in [-0.4, -0.2) is 21.4 Å². The molecule has 3 aromatic carbocycles. The summed E-state index contributed by atoms with van der Waals surface area (Å²) in [7, 11) is -2.23. The molecule has 0 fully saturated rings. The van der Waals surface area contributed by atoms with Crippen LogP contribution >= 0.6 is 0 Å². The second-order valence-corrected chi connectivity index (χ2v) is 9.84. The van der Waals surface area contributed by atoms with Gasteiger partial charge in [0, 0.05) is 12.6 Å². The first kappa shape index (κ1) is 22.6. The minimum Gasteiger partial charge on any atom is -0.346 e. The Kier molecular flexibility index (Phi) is 6.51. The molecule has 1 amide bonds. The highest BCUT2D eigenvalue weighted by molar-refractivity contribution is 7.92. The largest absolute Gasteiger partial charge is 0.346 e. The van der Waals surface area contributed by atoms with Gasteiger partial charge in [0.2, 0.25) is 0 Å². The molecule has 5 nitrogen and oxygen atoms in total. The van der Waals surface area contributed by atoms with Crippen molar-refractivity contribution in [3.63, 3.8) is 0 Å². The highest BCUT2D eigenvalue weighted by atomic mass is 32.2. The lowest BCUT2D eigenvalue weighted by Gasteiger charge is -2.21. The summed E-state index contributed by atoms with van der Waals surface area (Å²) in [5.74, 6) is -0.256. The van der Waals surface area contributed by atoms with Gasteiger partial charge in [-0.2, -0.15) is 0 Å². The van der Waals surface area contributed by atoms with E-state index in [1.54, 1.807) is 48.5 Å². The van der Waals surface area contributed by atoms with Gasteiger partial charge in [0.15, 0.2) is 0 Å². The van der Waals surface area contributed by atoms with Gasteiger partial charge in [-0.1, -0.05) is 42.0 Å². The smallest absolute Gasteiger partial charge is 0.264 e. The molecule has 3 aromatic rings. The molecule has 31 heavy (non-hydrogen) atoms. The summed E-state index contributed by atoms with van der Waals surface area (Å²) < 4.78 is 27.1. The van der Waals surface area contributed by atoms with Gasteiger partial charge in [-0.3, -0.25) is 9.10 Å². The van der Waals surface area contributed by atoms with Crippen molar-refractivity contribution in [2.45, 2.75) is 38.6 Å². The SMILES string of the molecule is Cc1ccc(S(=O)(=O)N(C)c2cccc(C(=O)N[C@H](C)c3ccc(C)c(C)c3)c2)cc1. The van der Waals surface area contributed by atoms with Gasteiger partial charge in [-0.05, 0) is 74.7 Å². The van der Waals surface area contributed by atoms with Gasteiger partial charge >= 0.3 is 0 Å². The zero-order chi connectivity index (χ0) is 22.8. The summed E-state index contributed by atoms with van der Waals surface area (Å²) in [5.41, 5.74) is 5.20.